The zero-order valence-electron chi connectivity index (χ0n) is 54.3. The number of carbonyl (C=O) groups excluding carboxylic acids is 12. The summed E-state index contributed by atoms with van der Waals surface area (Å²) >= 11 is 0. The van der Waals surface area contributed by atoms with Crippen LogP contribution in [-0.2, 0) is 73.5 Å². The van der Waals surface area contributed by atoms with Crippen LogP contribution >= 0.6 is 0 Å². The van der Waals surface area contributed by atoms with Gasteiger partial charge in [-0.25, -0.2) is 9.78 Å². The van der Waals surface area contributed by atoms with Crippen LogP contribution < -0.4 is 64.6 Å². The van der Waals surface area contributed by atoms with Gasteiger partial charge in [-0.1, -0.05) is 0 Å². The summed E-state index contributed by atoms with van der Waals surface area (Å²) in [5, 5.41) is 96.4. The normalized spacial score (nSPS) is 21.0. The molecule has 0 aromatic carbocycles. The molecule has 0 radical (unpaired) electrons. The molecule has 1 aromatic heterocycles. The van der Waals surface area contributed by atoms with E-state index in [1.165, 1.54) is 17.4 Å². The number of H-pyrrole nitrogens is 1. The number of nitrogens with two attached hydrogens (primary N) is 2. The number of carboxylic acids is 2. The lowest BCUT2D eigenvalue weighted by Crippen LogP contribution is -2.63. The molecule has 0 unspecified atom stereocenters. The smallest absolute Gasteiger partial charge is 0.326 e. The molecule has 5 rings (SSSR count). The molecule has 97 heavy (non-hydrogen) atoms. The fourth-order valence-electron chi connectivity index (χ4n) is 11.9. The molecule has 0 saturated carbocycles. The lowest BCUT2D eigenvalue weighted by atomic mass is 10.0. The number of carboxylic acid groups (broad SMARTS) is 2. The summed E-state index contributed by atoms with van der Waals surface area (Å²) in [5.74, 6) is -14.8. The van der Waals surface area contributed by atoms with Crippen LogP contribution in [-0.4, -0.2) is 293 Å². The number of amides is 12. The Bertz CT molecular complexity index is 2900. The fraction of sp³-hybridized carbons (Fsp3) is 0.712. The first kappa shape index (κ1) is 79.2. The van der Waals surface area contributed by atoms with E-state index in [-0.39, 0.29) is 89.8 Å². The van der Waals surface area contributed by atoms with E-state index >= 15 is 0 Å². The van der Waals surface area contributed by atoms with Crippen LogP contribution in [0.5, 0.6) is 0 Å². The third-order valence-electron chi connectivity index (χ3n) is 17.2. The molecule has 38 nitrogen and oxygen atoms in total. The highest BCUT2D eigenvalue weighted by molar-refractivity contribution is 6.01. The molecule has 4 aliphatic rings. The molecule has 15 atom stereocenters. The largest absolute Gasteiger partial charge is 0.481 e. The number of likely N-dealkylation sites (tertiary alicyclic amines) is 3. The van der Waals surface area contributed by atoms with Gasteiger partial charge in [-0.3, -0.25) is 62.3 Å². The van der Waals surface area contributed by atoms with E-state index in [9.17, 15) is 103 Å². The van der Waals surface area contributed by atoms with Gasteiger partial charge in [-0.2, -0.15) is 0 Å². The highest BCUT2D eigenvalue weighted by Crippen LogP contribution is 2.27. The highest BCUT2D eigenvalue weighted by atomic mass is 16.4. The number of hydrogen-bond donors (Lipinski definition) is 20. The molecular formula is C59H95N17O21. The minimum atomic E-state index is -1.98. The maximum atomic E-state index is 14.3. The van der Waals surface area contributed by atoms with Gasteiger partial charge in [-0.15, -0.1) is 0 Å². The van der Waals surface area contributed by atoms with Crippen molar-refractivity contribution in [2.75, 3.05) is 59.1 Å². The first-order valence-electron chi connectivity index (χ1n) is 32.6. The van der Waals surface area contributed by atoms with Gasteiger partial charge in [0.2, 0.25) is 70.9 Å². The van der Waals surface area contributed by atoms with Crippen LogP contribution in [0, 0.1) is 0 Å². The number of aromatic nitrogens is 2. The number of aliphatic hydroxyl groups excluding tert-OH is 5. The predicted octanol–water partition coefficient (Wildman–Crippen LogP) is -9.40. The molecule has 5 heterocycles. The Morgan fingerprint density at radius 2 is 0.959 bits per heavy atom. The molecule has 12 amide bonds. The minimum Gasteiger partial charge on any atom is -0.481 e. The van der Waals surface area contributed by atoms with Crippen LogP contribution in [0.2, 0.25) is 0 Å². The summed E-state index contributed by atoms with van der Waals surface area (Å²) in [7, 11) is 0. The van der Waals surface area contributed by atoms with Crippen LogP contribution in [0.1, 0.15) is 116 Å². The number of carbonyl (C=O) groups is 14. The van der Waals surface area contributed by atoms with Gasteiger partial charge in [0.05, 0.1) is 50.8 Å². The number of aromatic amines is 1. The van der Waals surface area contributed by atoms with Crippen LogP contribution in [0.3, 0.4) is 0 Å². The van der Waals surface area contributed by atoms with Crippen molar-refractivity contribution in [2.45, 2.75) is 207 Å². The number of unbranched alkanes of at least 4 members (excludes halogenated alkanes) is 2. The van der Waals surface area contributed by atoms with E-state index in [1.54, 1.807) is 0 Å². The third-order valence-corrected chi connectivity index (χ3v) is 17.2. The monoisotopic (exact) mass is 1380 g/mol. The van der Waals surface area contributed by atoms with E-state index in [0.717, 1.165) is 30.1 Å². The van der Waals surface area contributed by atoms with E-state index in [0.29, 0.717) is 38.6 Å². The van der Waals surface area contributed by atoms with Crippen LogP contribution in [0.4, 0.5) is 0 Å². The van der Waals surface area contributed by atoms with Crippen molar-refractivity contribution in [3.63, 3.8) is 0 Å². The number of rotatable bonds is 39. The van der Waals surface area contributed by atoms with E-state index < -0.39 is 206 Å². The van der Waals surface area contributed by atoms with Crippen molar-refractivity contribution >= 4 is 82.8 Å². The summed E-state index contributed by atoms with van der Waals surface area (Å²) in [6.07, 6.45) is 1.15. The van der Waals surface area contributed by atoms with E-state index in [1.807, 2.05) is 0 Å². The number of hydrogen-bond acceptors (Lipinski definition) is 23. The van der Waals surface area contributed by atoms with Crippen LogP contribution in [0.15, 0.2) is 12.5 Å². The predicted molar refractivity (Wildman–Crippen MR) is 335 cm³/mol. The average molecular weight is 1380 g/mol. The Hall–Kier alpha value is -8.53. The molecule has 1 aromatic rings. The highest BCUT2D eigenvalue weighted by Gasteiger charge is 2.46. The molecule has 22 N–H and O–H groups in total. The maximum absolute atomic E-state index is 14.3. The standard InChI is InChI=1S/C59H95N17O21/c1-30(80)45(72-49(86)35(12-4-6-18-61)66-50(87)37(24-44(82)83)67-52(89)38(26-77)69-48(85)34(11-3-5-17-60)65-47(84)33-13-7-19-63-33)54(91)68-36(23-32-25-62-29-64-32)51(88)73-46(31(2)81)55(92)71-40(28-79)56(93)75-21-9-15-42(75)58(95)74-20-8-14-41(74)53(90)70-39(27-78)57(94)76-22-10-16-43(76)59(96)97/h25,29-31,33-43,45-46,63,77-81H,3-24,26-28,60-61H2,1-2H3,(H,62,64)(H,65,84)(H,66,87)(H,67,89)(H,68,91)(H,69,85)(H,70,90)(H,71,92)(H,72,86)(H,73,88)(H,82,83)(H,96,97)/t30-,31-,33+,34+,35+,36+,37+,38+,39+,40+,41+,42+,43+,45+,46+/m1/s1. The van der Waals surface area contributed by atoms with Gasteiger partial charge in [0.25, 0.3) is 0 Å². The van der Waals surface area contributed by atoms with Crippen molar-refractivity contribution in [1.29, 1.82) is 0 Å². The zero-order chi connectivity index (χ0) is 71.6. The third kappa shape index (κ3) is 22.8. The number of aliphatic carboxylic acids is 2. The first-order chi connectivity index (χ1) is 46.2. The summed E-state index contributed by atoms with van der Waals surface area (Å²) in [5.41, 5.74) is 11.5. The molecule has 0 aliphatic carbocycles. The topological polar surface area (TPSA) is 591 Å². The van der Waals surface area contributed by atoms with E-state index in [2.05, 4.69) is 63.1 Å². The van der Waals surface area contributed by atoms with Gasteiger partial charge in [0.1, 0.15) is 72.5 Å². The Kier molecular flexibility index (Phi) is 31.8. The molecule has 4 fully saturated rings. The van der Waals surface area contributed by atoms with Crippen molar-refractivity contribution in [3.05, 3.63) is 18.2 Å². The van der Waals surface area contributed by atoms with Crippen LogP contribution in [0.25, 0.3) is 0 Å². The number of imidazole rings is 1. The van der Waals surface area contributed by atoms with Crippen molar-refractivity contribution in [2.24, 2.45) is 11.5 Å². The van der Waals surface area contributed by atoms with Gasteiger partial charge in [0.15, 0.2) is 0 Å². The molecule has 542 valence electrons. The summed E-state index contributed by atoms with van der Waals surface area (Å²) in [6, 6.07) is -19.7. The molecular weight excluding hydrogens is 1280 g/mol. The molecule has 38 heteroatoms. The quantitative estimate of drug-likeness (QED) is 0.0272. The SMILES string of the molecule is C[C@@H](O)[C@H](NC(=O)[C@H](CCCCN)NC(=O)[C@H](CC(=O)O)NC(=O)[C@H](CO)NC(=O)[C@H](CCCCN)NC(=O)[C@@H]1CCCN1)C(=O)N[C@@H](Cc1cnc[nH]1)C(=O)N[C@H](C(=O)N[C@@H](CO)C(=O)N1CCC[C@H]1C(=O)N1CCC[C@H]1C(=O)N[C@@H](CO)C(=O)N1CCC[C@H]1C(=O)O)[C@@H](C)O. The molecule has 0 spiro atoms. The number of nitrogens with one attached hydrogen (secondary N) is 11. The van der Waals surface area contributed by atoms with E-state index in [4.69, 9.17) is 11.5 Å². The maximum Gasteiger partial charge on any atom is 0.326 e. The first-order valence-corrected chi connectivity index (χ1v) is 32.6. The second-order valence-corrected chi connectivity index (χ2v) is 24.4. The van der Waals surface area contributed by atoms with Crippen molar-refractivity contribution in [3.8, 4) is 0 Å². The Balaban J connectivity index is 1.26. The molecule has 0 bridgehead atoms. The number of nitrogens with zero attached hydrogens (tertiary/aromatic N) is 4. The zero-order valence-corrected chi connectivity index (χ0v) is 54.3. The fourth-order valence-corrected chi connectivity index (χ4v) is 11.9. The average Bonchev–Trinajstić information content (AvgIpc) is 1.70. The second kappa shape index (κ2) is 39.0. The lowest BCUT2D eigenvalue weighted by Gasteiger charge is -2.33. The van der Waals surface area contributed by atoms with Gasteiger partial charge >= 0.3 is 11.9 Å². The Labute approximate surface area is 558 Å². The van der Waals surface area contributed by atoms with Gasteiger partial charge < -0.3 is 120 Å². The summed E-state index contributed by atoms with van der Waals surface area (Å²) < 4.78 is 0. The summed E-state index contributed by atoms with van der Waals surface area (Å²) in [6.45, 7) is 0.215. The van der Waals surface area contributed by atoms with Gasteiger partial charge in [0, 0.05) is 37.9 Å². The Morgan fingerprint density at radius 3 is 1.46 bits per heavy atom. The summed E-state index contributed by atoms with van der Waals surface area (Å²) in [4.78, 5) is 200. The Morgan fingerprint density at radius 1 is 0.515 bits per heavy atom. The van der Waals surface area contributed by atoms with Crippen molar-refractivity contribution < 1.29 is 103 Å². The molecule has 4 saturated heterocycles. The number of aliphatic hydroxyl groups is 5. The van der Waals surface area contributed by atoms with Crippen molar-refractivity contribution in [1.82, 2.24) is 77.8 Å². The second-order valence-electron chi connectivity index (χ2n) is 24.4. The lowest BCUT2D eigenvalue weighted by molar-refractivity contribution is -0.151. The van der Waals surface area contributed by atoms with Gasteiger partial charge in [-0.05, 0) is 123 Å². The molecule has 4 aliphatic heterocycles. The minimum absolute atomic E-state index is 0.0479.